The quantitative estimate of drug-likeness (QED) is 0.211. The van der Waals surface area contributed by atoms with Crippen molar-refractivity contribution in [3.8, 4) is 45.7 Å². The minimum Gasteiger partial charge on any atom is -0.355 e. The summed E-state index contributed by atoms with van der Waals surface area (Å²) >= 11 is 0. The lowest BCUT2D eigenvalue weighted by atomic mass is 9.98. The number of terminal acetylenes is 1. The van der Waals surface area contributed by atoms with Crippen LogP contribution in [0.2, 0.25) is 0 Å². The number of benzene rings is 3. The molecule has 0 saturated carbocycles. The first-order valence-electron chi connectivity index (χ1n) is 14.5. The number of nitrogens with zero attached hydrogens (tertiary/aromatic N) is 2. The van der Waals surface area contributed by atoms with E-state index in [0.717, 1.165) is 83.8 Å². The van der Waals surface area contributed by atoms with Gasteiger partial charge in [0, 0.05) is 38.8 Å². The van der Waals surface area contributed by atoms with Gasteiger partial charge in [0.1, 0.15) is 0 Å². The zero-order chi connectivity index (χ0) is 29.5. The number of rotatable bonds is 3. The van der Waals surface area contributed by atoms with E-state index in [9.17, 15) is 0 Å². The summed E-state index contributed by atoms with van der Waals surface area (Å²) in [6.07, 6.45) is 14.0. The Kier molecular flexibility index (Phi) is 6.14. The summed E-state index contributed by atoms with van der Waals surface area (Å²) in [4.78, 5) is 17.6. The third-order valence-electron chi connectivity index (χ3n) is 8.00. The molecule has 2 aliphatic rings. The van der Waals surface area contributed by atoms with Crippen LogP contribution in [-0.2, 0) is 0 Å². The average Bonchev–Trinajstić information content (AvgIpc) is 3.89. The van der Waals surface area contributed by atoms with Crippen molar-refractivity contribution in [3.05, 3.63) is 144 Å². The first-order chi connectivity index (χ1) is 21.7. The Hall–Kier alpha value is -6.18. The summed E-state index contributed by atoms with van der Waals surface area (Å²) in [6, 6.07) is 39.5. The zero-order valence-corrected chi connectivity index (χ0v) is 23.8. The number of fused-ring (bicyclic) bond motifs is 8. The Morgan fingerprint density at radius 1 is 0.523 bits per heavy atom. The second kappa shape index (κ2) is 10.6. The highest BCUT2D eigenvalue weighted by Crippen LogP contribution is 2.37. The molecule has 3 aromatic carbocycles. The van der Waals surface area contributed by atoms with Gasteiger partial charge >= 0.3 is 0 Å². The van der Waals surface area contributed by atoms with Crippen molar-refractivity contribution in [3.63, 3.8) is 0 Å². The Morgan fingerprint density at radius 3 is 1.80 bits per heavy atom. The van der Waals surface area contributed by atoms with Crippen molar-refractivity contribution in [2.24, 2.45) is 0 Å². The molecule has 0 amide bonds. The summed E-state index contributed by atoms with van der Waals surface area (Å²) in [5, 5.41) is 0. The van der Waals surface area contributed by atoms with Crippen molar-refractivity contribution >= 4 is 46.4 Å². The normalized spacial score (nSPS) is 11.9. The number of nitrogens with one attached hydrogen (secondary N) is 2. The lowest BCUT2D eigenvalue weighted by Crippen LogP contribution is -1.87. The molecule has 4 heteroatoms. The van der Waals surface area contributed by atoms with Crippen LogP contribution in [0.4, 0.5) is 0 Å². The van der Waals surface area contributed by atoms with Crippen molar-refractivity contribution in [2.75, 3.05) is 0 Å². The van der Waals surface area contributed by atoms with Gasteiger partial charge in [-0.2, -0.15) is 0 Å². The molecular weight excluding hydrogens is 536 g/mol. The predicted molar refractivity (Wildman–Crippen MR) is 183 cm³/mol. The van der Waals surface area contributed by atoms with E-state index >= 15 is 0 Å². The Bertz CT molecular complexity index is 2310. The summed E-state index contributed by atoms with van der Waals surface area (Å²) in [6.45, 7) is 0. The van der Waals surface area contributed by atoms with Crippen LogP contribution in [0.1, 0.15) is 28.3 Å². The van der Waals surface area contributed by atoms with E-state index in [1.165, 1.54) is 0 Å². The molecule has 5 heterocycles. The number of aromatic nitrogens is 4. The molecule has 0 saturated heterocycles. The molecule has 44 heavy (non-hydrogen) atoms. The van der Waals surface area contributed by atoms with E-state index < -0.39 is 0 Å². The molecule has 0 fully saturated rings. The van der Waals surface area contributed by atoms with Crippen LogP contribution in [0.25, 0.3) is 79.8 Å². The fourth-order valence-electron chi connectivity index (χ4n) is 5.95. The summed E-state index contributed by atoms with van der Waals surface area (Å²) in [5.41, 5.74) is 14.7. The fraction of sp³-hybridized carbons (Fsp3) is 0. The van der Waals surface area contributed by atoms with Gasteiger partial charge in [-0.3, -0.25) is 0 Å². The van der Waals surface area contributed by atoms with Crippen molar-refractivity contribution in [1.29, 1.82) is 0 Å². The van der Waals surface area contributed by atoms with E-state index in [0.29, 0.717) is 0 Å². The number of H-pyrrole nitrogens is 2. The maximum Gasteiger partial charge on any atom is 0.0737 e. The molecular formula is C40H26N4. The van der Waals surface area contributed by atoms with Gasteiger partial charge in [0.05, 0.1) is 28.3 Å². The second-order valence-corrected chi connectivity index (χ2v) is 10.8. The molecule has 3 aromatic heterocycles. The van der Waals surface area contributed by atoms with Crippen LogP contribution in [0.5, 0.6) is 0 Å². The molecule has 4 nitrogen and oxygen atoms in total. The van der Waals surface area contributed by atoms with Crippen LogP contribution in [-0.4, -0.2) is 19.9 Å². The molecule has 2 aliphatic heterocycles. The largest absolute Gasteiger partial charge is 0.355 e. The molecule has 0 aliphatic carbocycles. The maximum atomic E-state index is 5.68. The molecule has 0 atom stereocenters. The van der Waals surface area contributed by atoms with Crippen molar-refractivity contribution in [2.45, 2.75) is 0 Å². The molecule has 0 radical (unpaired) electrons. The Balaban J connectivity index is 1.50. The smallest absolute Gasteiger partial charge is 0.0737 e. The van der Waals surface area contributed by atoms with Crippen molar-refractivity contribution in [1.82, 2.24) is 19.9 Å². The Labute approximate surface area is 255 Å². The van der Waals surface area contributed by atoms with E-state index in [1.807, 2.05) is 24.3 Å². The van der Waals surface area contributed by atoms with Crippen LogP contribution >= 0.6 is 0 Å². The van der Waals surface area contributed by atoms with Crippen molar-refractivity contribution < 1.29 is 0 Å². The lowest BCUT2D eigenvalue weighted by molar-refractivity contribution is 1.31. The van der Waals surface area contributed by atoms with Crippen LogP contribution in [0.15, 0.2) is 115 Å². The summed E-state index contributed by atoms with van der Waals surface area (Å²) in [7, 11) is 0. The summed E-state index contributed by atoms with van der Waals surface area (Å²) in [5.74, 6) is 2.73. The van der Waals surface area contributed by atoms with E-state index in [-0.39, 0.29) is 0 Å². The lowest BCUT2D eigenvalue weighted by Gasteiger charge is -2.07. The molecule has 0 spiro atoms. The predicted octanol–water partition coefficient (Wildman–Crippen LogP) is 9.64. The van der Waals surface area contributed by atoms with Gasteiger partial charge in [0.2, 0.25) is 0 Å². The molecule has 2 N–H and O–H groups in total. The standard InChI is InChI=1S/C40H26N4/c1-2-26-13-15-27(16-14-26)34-25-33-24-32-18-21-36(42-32)38(28-9-5-3-6-10-28)35-20-17-30(41-35)23-31-19-22-37(43-31)39(40(34)44-33)29-11-7-4-8-12-29/h1,3-25,41,44H. The zero-order valence-electron chi connectivity index (χ0n) is 23.8. The highest BCUT2D eigenvalue weighted by atomic mass is 14.8. The first kappa shape index (κ1) is 25.5. The Morgan fingerprint density at radius 2 is 1.14 bits per heavy atom. The summed E-state index contributed by atoms with van der Waals surface area (Å²) < 4.78 is 0. The van der Waals surface area contributed by atoms with Crippen LogP contribution < -0.4 is 0 Å². The molecule has 6 aromatic rings. The van der Waals surface area contributed by atoms with Gasteiger partial charge in [-0.1, -0.05) is 78.7 Å². The SMILES string of the molecule is C#Cc1ccc(-c2cc3cc4nc(c(-c5ccccc5)c5ccc(cc6nc(c(-c7ccccc7)c2[nH]3)C=C6)[nH]5)C=C4)cc1. The maximum absolute atomic E-state index is 5.68. The highest BCUT2D eigenvalue weighted by molar-refractivity contribution is 6.00. The van der Waals surface area contributed by atoms with Gasteiger partial charge in [0.25, 0.3) is 0 Å². The number of hydrogen-bond donors (Lipinski definition) is 2. The molecule has 8 bridgehead atoms. The minimum absolute atomic E-state index is 0.847. The second-order valence-electron chi connectivity index (χ2n) is 10.8. The minimum atomic E-state index is 0.847. The van der Waals surface area contributed by atoms with Gasteiger partial charge < -0.3 is 9.97 Å². The van der Waals surface area contributed by atoms with E-state index in [4.69, 9.17) is 16.4 Å². The molecule has 8 rings (SSSR count). The highest BCUT2D eigenvalue weighted by Gasteiger charge is 2.16. The number of hydrogen-bond acceptors (Lipinski definition) is 2. The van der Waals surface area contributed by atoms with Crippen LogP contribution in [0.3, 0.4) is 0 Å². The third kappa shape index (κ3) is 4.63. The first-order valence-corrected chi connectivity index (χ1v) is 14.5. The van der Waals surface area contributed by atoms with Crippen LogP contribution in [0, 0.1) is 12.3 Å². The number of aromatic amines is 2. The van der Waals surface area contributed by atoms with E-state index in [2.05, 4.69) is 131 Å². The van der Waals surface area contributed by atoms with Gasteiger partial charge in [-0.25, -0.2) is 9.97 Å². The monoisotopic (exact) mass is 562 g/mol. The fourth-order valence-corrected chi connectivity index (χ4v) is 5.95. The van der Waals surface area contributed by atoms with Gasteiger partial charge in [-0.05, 0) is 83.5 Å². The van der Waals surface area contributed by atoms with Gasteiger partial charge in [0.15, 0.2) is 0 Å². The van der Waals surface area contributed by atoms with E-state index in [1.54, 1.807) is 0 Å². The average molecular weight is 563 g/mol. The molecule has 206 valence electrons. The van der Waals surface area contributed by atoms with Gasteiger partial charge in [-0.15, -0.1) is 6.42 Å². The third-order valence-corrected chi connectivity index (χ3v) is 8.00. The molecule has 0 unspecified atom stereocenters. The topological polar surface area (TPSA) is 57.4 Å².